The first-order valence-corrected chi connectivity index (χ1v) is 10.8. The molecular formula is C27H30N2O. The van der Waals surface area contributed by atoms with Gasteiger partial charge < -0.3 is 0 Å². The average Bonchev–Trinajstić information content (AvgIpc) is 2.76. The first-order valence-electron chi connectivity index (χ1n) is 10.8. The minimum atomic E-state index is 0.152. The zero-order valence-corrected chi connectivity index (χ0v) is 17.9. The van der Waals surface area contributed by atoms with Crippen LogP contribution in [-0.2, 0) is 6.54 Å². The van der Waals surface area contributed by atoms with Crippen LogP contribution < -0.4 is 0 Å². The molecule has 0 saturated carbocycles. The van der Waals surface area contributed by atoms with Crippen LogP contribution >= 0.6 is 0 Å². The number of aldehydes is 1. The van der Waals surface area contributed by atoms with E-state index in [0.717, 1.165) is 38.0 Å². The third-order valence-corrected chi connectivity index (χ3v) is 6.06. The molecule has 0 spiro atoms. The Bertz CT molecular complexity index is 985. The van der Waals surface area contributed by atoms with Crippen molar-refractivity contribution < 1.29 is 4.79 Å². The fraction of sp³-hybridized carbons (Fsp3) is 0.296. The van der Waals surface area contributed by atoms with Gasteiger partial charge in [0.2, 0.25) is 0 Å². The molecule has 0 aromatic heterocycles. The highest BCUT2D eigenvalue weighted by atomic mass is 16.1. The number of carbonyl (C=O) groups is 1. The van der Waals surface area contributed by atoms with Crippen molar-refractivity contribution in [3.63, 3.8) is 0 Å². The minimum absolute atomic E-state index is 0.152. The number of piperazine rings is 1. The van der Waals surface area contributed by atoms with E-state index in [9.17, 15) is 4.79 Å². The summed E-state index contributed by atoms with van der Waals surface area (Å²) in [5, 5.41) is 0. The van der Waals surface area contributed by atoms with Gasteiger partial charge in [0.15, 0.2) is 0 Å². The molecule has 1 fully saturated rings. The van der Waals surface area contributed by atoms with E-state index in [4.69, 9.17) is 0 Å². The summed E-state index contributed by atoms with van der Waals surface area (Å²) < 4.78 is 0. The molecule has 3 heteroatoms. The van der Waals surface area contributed by atoms with Gasteiger partial charge >= 0.3 is 0 Å². The van der Waals surface area contributed by atoms with Gasteiger partial charge in [-0.15, -0.1) is 0 Å². The average molecular weight is 399 g/mol. The van der Waals surface area contributed by atoms with E-state index in [-0.39, 0.29) is 6.04 Å². The Kier molecular flexibility index (Phi) is 6.41. The fourth-order valence-corrected chi connectivity index (χ4v) is 4.63. The van der Waals surface area contributed by atoms with Gasteiger partial charge in [0.25, 0.3) is 0 Å². The number of hydrogen-bond acceptors (Lipinski definition) is 3. The minimum Gasteiger partial charge on any atom is -0.298 e. The molecule has 0 N–H and O–H groups in total. The van der Waals surface area contributed by atoms with Gasteiger partial charge in [-0.2, -0.15) is 0 Å². The molecule has 0 amide bonds. The highest BCUT2D eigenvalue weighted by Crippen LogP contribution is 2.33. The molecule has 3 aromatic carbocycles. The Labute approximate surface area is 180 Å². The van der Waals surface area contributed by atoms with Crippen LogP contribution in [0.15, 0.2) is 78.9 Å². The van der Waals surface area contributed by atoms with Crippen molar-refractivity contribution in [1.29, 1.82) is 0 Å². The summed E-state index contributed by atoms with van der Waals surface area (Å²) >= 11 is 0. The van der Waals surface area contributed by atoms with Crippen molar-refractivity contribution in [2.75, 3.05) is 19.6 Å². The van der Waals surface area contributed by atoms with Crippen molar-refractivity contribution in [1.82, 2.24) is 9.80 Å². The normalized spacial score (nSPS) is 18.8. The molecule has 1 saturated heterocycles. The van der Waals surface area contributed by atoms with Crippen LogP contribution in [0, 0.1) is 6.92 Å². The first-order chi connectivity index (χ1) is 14.6. The molecule has 1 aliphatic heterocycles. The number of carbonyl (C=O) groups excluding carboxylic acids is 1. The van der Waals surface area contributed by atoms with Crippen LogP contribution in [0.25, 0.3) is 0 Å². The predicted octanol–water partition coefficient (Wildman–Crippen LogP) is 5.10. The molecule has 154 valence electrons. The number of nitrogens with zero attached hydrogens (tertiary/aromatic N) is 2. The number of aryl methyl sites for hydroxylation is 1. The molecule has 3 aromatic rings. The van der Waals surface area contributed by atoms with Gasteiger partial charge in [-0.25, -0.2) is 0 Å². The van der Waals surface area contributed by atoms with E-state index < -0.39 is 0 Å². The summed E-state index contributed by atoms with van der Waals surface area (Å²) in [6, 6.07) is 28.1. The lowest BCUT2D eigenvalue weighted by Gasteiger charge is -2.44. The summed E-state index contributed by atoms with van der Waals surface area (Å²) in [6.45, 7) is 8.53. The van der Waals surface area contributed by atoms with Crippen LogP contribution in [0.2, 0.25) is 0 Å². The van der Waals surface area contributed by atoms with Crippen LogP contribution in [0.3, 0.4) is 0 Å². The summed E-state index contributed by atoms with van der Waals surface area (Å²) in [7, 11) is 0. The van der Waals surface area contributed by atoms with Gasteiger partial charge in [0.05, 0.1) is 6.04 Å². The smallest absolute Gasteiger partial charge is 0.150 e. The summed E-state index contributed by atoms with van der Waals surface area (Å²) in [5.41, 5.74) is 5.85. The molecular weight excluding hydrogens is 368 g/mol. The van der Waals surface area contributed by atoms with Crippen molar-refractivity contribution >= 4 is 6.29 Å². The third-order valence-electron chi connectivity index (χ3n) is 6.06. The van der Waals surface area contributed by atoms with E-state index in [2.05, 4.69) is 84.3 Å². The highest BCUT2D eigenvalue weighted by Gasteiger charge is 2.31. The van der Waals surface area contributed by atoms with Gasteiger partial charge in [-0.05, 0) is 36.6 Å². The molecule has 1 heterocycles. The lowest BCUT2D eigenvalue weighted by atomic mass is 9.92. The van der Waals surface area contributed by atoms with Crippen molar-refractivity contribution in [3.8, 4) is 0 Å². The Morgan fingerprint density at radius 2 is 1.67 bits per heavy atom. The van der Waals surface area contributed by atoms with Gasteiger partial charge in [0.1, 0.15) is 6.29 Å². The van der Waals surface area contributed by atoms with E-state index in [0.29, 0.717) is 6.04 Å². The second kappa shape index (κ2) is 9.38. The van der Waals surface area contributed by atoms with Crippen LogP contribution in [0.4, 0.5) is 0 Å². The SMILES string of the molecule is Cc1cccc(C(c2cccc(C=O)c2)N2CCN(Cc3ccccc3)CC2C)c1. The monoisotopic (exact) mass is 398 g/mol. The molecule has 30 heavy (non-hydrogen) atoms. The Hall–Kier alpha value is -2.75. The summed E-state index contributed by atoms with van der Waals surface area (Å²) in [6.07, 6.45) is 0.942. The molecule has 0 radical (unpaired) electrons. The van der Waals surface area contributed by atoms with Crippen LogP contribution in [0.1, 0.15) is 45.6 Å². The third kappa shape index (κ3) is 4.69. The van der Waals surface area contributed by atoms with Crippen molar-refractivity contribution in [2.24, 2.45) is 0 Å². The molecule has 4 rings (SSSR count). The molecule has 1 aliphatic rings. The molecule has 3 nitrogen and oxygen atoms in total. The van der Waals surface area contributed by atoms with Crippen LogP contribution in [0.5, 0.6) is 0 Å². The topological polar surface area (TPSA) is 23.6 Å². The fourth-order valence-electron chi connectivity index (χ4n) is 4.63. The highest BCUT2D eigenvalue weighted by molar-refractivity contribution is 5.75. The van der Waals surface area contributed by atoms with Gasteiger partial charge in [0, 0.05) is 37.8 Å². The van der Waals surface area contributed by atoms with E-state index in [1.807, 2.05) is 18.2 Å². The number of hydrogen-bond donors (Lipinski definition) is 0. The lowest BCUT2D eigenvalue weighted by molar-refractivity contribution is 0.0568. The summed E-state index contributed by atoms with van der Waals surface area (Å²) in [5.74, 6) is 0. The molecule has 0 aliphatic carbocycles. The Morgan fingerprint density at radius 3 is 2.37 bits per heavy atom. The maximum absolute atomic E-state index is 11.4. The van der Waals surface area contributed by atoms with E-state index in [1.54, 1.807) is 0 Å². The second-order valence-electron chi connectivity index (χ2n) is 8.41. The van der Waals surface area contributed by atoms with Gasteiger partial charge in [-0.3, -0.25) is 14.6 Å². The molecule has 0 bridgehead atoms. The van der Waals surface area contributed by atoms with Crippen molar-refractivity contribution in [2.45, 2.75) is 32.5 Å². The van der Waals surface area contributed by atoms with E-state index >= 15 is 0 Å². The maximum Gasteiger partial charge on any atom is 0.150 e. The molecule has 2 atom stereocenters. The first kappa shape index (κ1) is 20.5. The quantitative estimate of drug-likeness (QED) is 0.540. The largest absolute Gasteiger partial charge is 0.298 e. The van der Waals surface area contributed by atoms with Crippen molar-refractivity contribution in [3.05, 3.63) is 107 Å². The predicted molar refractivity (Wildman–Crippen MR) is 123 cm³/mol. The zero-order chi connectivity index (χ0) is 20.9. The zero-order valence-electron chi connectivity index (χ0n) is 17.9. The van der Waals surface area contributed by atoms with E-state index in [1.165, 1.54) is 22.3 Å². The molecule has 2 unspecified atom stereocenters. The lowest BCUT2D eigenvalue weighted by Crippen LogP contribution is -2.52. The van der Waals surface area contributed by atoms with Crippen LogP contribution in [-0.4, -0.2) is 41.8 Å². The van der Waals surface area contributed by atoms with Gasteiger partial charge in [-0.1, -0.05) is 78.4 Å². The Balaban J connectivity index is 1.60. The maximum atomic E-state index is 11.4. The standard InChI is InChI=1S/C27H30N2O/c1-21-8-6-12-25(16-21)27(26-13-7-11-24(17-26)20-30)29-15-14-28(18-22(29)2)19-23-9-4-3-5-10-23/h3-13,16-17,20,22,27H,14-15,18-19H2,1-2H3. The number of benzene rings is 3. The summed E-state index contributed by atoms with van der Waals surface area (Å²) in [4.78, 5) is 16.6. The second-order valence-corrected chi connectivity index (χ2v) is 8.41. The number of rotatable bonds is 6. The Morgan fingerprint density at radius 1 is 0.933 bits per heavy atom.